The number of carbonyl (C=O) groups excluding carboxylic acids is 2. The Morgan fingerprint density at radius 1 is 1.02 bits per heavy atom. The van der Waals surface area contributed by atoms with Crippen molar-refractivity contribution in [2.24, 2.45) is 23.5 Å². The summed E-state index contributed by atoms with van der Waals surface area (Å²) in [6, 6.07) is 6.09. The van der Waals surface area contributed by atoms with Crippen LogP contribution < -0.4 is 21.1 Å². The number of amides is 2. The maximum Gasteiger partial charge on any atom is 0.426 e. The molecule has 0 spiro atoms. The Morgan fingerprint density at radius 2 is 1.66 bits per heavy atom. The van der Waals surface area contributed by atoms with Crippen LogP contribution in [0.5, 0.6) is 5.75 Å². The highest BCUT2D eigenvalue weighted by atomic mass is 35.5. The molecule has 44 heavy (non-hydrogen) atoms. The highest BCUT2D eigenvalue weighted by Crippen LogP contribution is 2.45. The molecule has 0 aromatic heterocycles. The van der Waals surface area contributed by atoms with Gasteiger partial charge in [-0.1, -0.05) is 45.2 Å². The number of benzene rings is 1. The van der Waals surface area contributed by atoms with E-state index in [1.807, 2.05) is 13.8 Å². The minimum atomic E-state index is -4.92. The molecule has 0 bridgehead atoms. The second-order valence-corrected chi connectivity index (χ2v) is 11.7. The van der Waals surface area contributed by atoms with Crippen LogP contribution in [-0.2, 0) is 14.3 Å². The summed E-state index contributed by atoms with van der Waals surface area (Å²) in [5.41, 5.74) is 3.66. The summed E-state index contributed by atoms with van der Waals surface area (Å²) >= 11 is 0. The molecule has 13 heteroatoms. The van der Waals surface area contributed by atoms with E-state index in [-0.39, 0.29) is 56.0 Å². The first kappa shape index (κ1) is 39.9. The van der Waals surface area contributed by atoms with Gasteiger partial charge >= 0.3 is 6.18 Å². The Kier molecular flexibility index (Phi) is 17.6. The molecule has 0 heterocycles. The second-order valence-electron chi connectivity index (χ2n) is 11.7. The highest BCUT2D eigenvalue weighted by Gasteiger charge is 2.65. The van der Waals surface area contributed by atoms with Gasteiger partial charge in [0.2, 0.25) is 5.60 Å². The van der Waals surface area contributed by atoms with Crippen molar-refractivity contribution in [1.29, 1.82) is 0 Å². The van der Waals surface area contributed by atoms with Crippen molar-refractivity contribution in [3.8, 4) is 5.75 Å². The normalized spacial score (nSPS) is 17.6. The summed E-state index contributed by atoms with van der Waals surface area (Å²) in [6.07, 6.45) is -1.88. The lowest BCUT2D eigenvalue weighted by Crippen LogP contribution is -2.64. The summed E-state index contributed by atoms with van der Waals surface area (Å²) in [5, 5.41) is 15.9. The number of alkyl halides is 3. The molecular weight excluding hydrogens is 603 g/mol. The molecule has 2 rings (SSSR count). The number of hydrogen-bond acceptors (Lipinski definition) is 7. The molecule has 254 valence electrons. The number of nitrogens with two attached hydrogens (primary N) is 1. The molecule has 1 fully saturated rings. The number of nitrogens with one attached hydrogen (secondary N) is 2. The van der Waals surface area contributed by atoms with Gasteiger partial charge in [0.05, 0.1) is 18.3 Å². The van der Waals surface area contributed by atoms with E-state index in [2.05, 4.69) is 10.6 Å². The van der Waals surface area contributed by atoms with Gasteiger partial charge in [-0.2, -0.15) is 13.2 Å². The van der Waals surface area contributed by atoms with Gasteiger partial charge in [0.1, 0.15) is 5.75 Å². The smallest absolute Gasteiger partial charge is 0.426 e. The molecule has 0 saturated heterocycles. The molecule has 0 aliphatic heterocycles. The molecular formula is C31H51ClF3N3O6. The Bertz CT molecular complexity index is 997. The Balaban J connectivity index is 0.00000968. The molecule has 1 aliphatic carbocycles. The Hall–Kier alpha value is -2.12. The molecule has 1 aromatic carbocycles. The predicted octanol–water partition coefficient (Wildman–Crippen LogP) is 4.64. The topological polar surface area (TPSA) is 132 Å². The number of aliphatic hydroxyl groups excluding tert-OH is 1. The lowest BCUT2D eigenvalue weighted by Gasteiger charge is -2.41. The molecule has 9 nitrogen and oxygen atoms in total. The molecule has 2 amide bonds. The molecule has 5 N–H and O–H groups in total. The number of unbranched alkanes of at least 4 members (excludes halogenated alkanes) is 1. The van der Waals surface area contributed by atoms with Crippen LogP contribution >= 0.6 is 12.4 Å². The van der Waals surface area contributed by atoms with Crippen molar-refractivity contribution in [3.63, 3.8) is 0 Å². The van der Waals surface area contributed by atoms with E-state index in [0.29, 0.717) is 37.4 Å². The second kappa shape index (κ2) is 19.4. The van der Waals surface area contributed by atoms with Crippen molar-refractivity contribution in [2.45, 2.75) is 89.1 Å². The number of halogens is 4. The average molecular weight is 654 g/mol. The van der Waals surface area contributed by atoms with E-state index in [0.717, 1.165) is 26.4 Å². The van der Waals surface area contributed by atoms with Crippen molar-refractivity contribution in [3.05, 3.63) is 29.8 Å². The van der Waals surface area contributed by atoms with Crippen LogP contribution in [0.15, 0.2) is 24.3 Å². The largest absolute Gasteiger partial charge is 0.493 e. The number of carbonyl (C=O) groups is 2. The van der Waals surface area contributed by atoms with Crippen molar-refractivity contribution in [1.82, 2.24) is 10.6 Å². The average Bonchev–Trinajstić information content (AvgIpc) is 2.98. The number of methoxy groups -OCH3 is 2. The third kappa shape index (κ3) is 11.0. The molecule has 1 aliphatic rings. The SMILES string of the molecule is COCCCCOc1ccccc1C(=O)NC[C@@H](C[C@H](N)[C@@H](O)CNC(=O)[C@](OC)(C1CCCCC1)C(F)(F)F)C(C)C.Cl. The zero-order chi connectivity index (χ0) is 32.0. The molecule has 0 radical (unpaired) electrons. The minimum Gasteiger partial charge on any atom is -0.493 e. The van der Waals surface area contributed by atoms with E-state index >= 15 is 0 Å². The van der Waals surface area contributed by atoms with Gasteiger partial charge in [0.15, 0.2) is 0 Å². The summed E-state index contributed by atoms with van der Waals surface area (Å²) < 4.78 is 58.5. The highest BCUT2D eigenvalue weighted by molar-refractivity contribution is 5.96. The van der Waals surface area contributed by atoms with Gasteiger partial charge in [-0.25, -0.2) is 0 Å². The molecule has 0 unspecified atom stereocenters. The number of ether oxygens (including phenoxy) is 3. The summed E-state index contributed by atoms with van der Waals surface area (Å²) in [6.45, 7) is 4.78. The molecule has 4 atom stereocenters. The fourth-order valence-electron chi connectivity index (χ4n) is 5.64. The molecule has 1 saturated carbocycles. The predicted molar refractivity (Wildman–Crippen MR) is 165 cm³/mol. The lowest BCUT2D eigenvalue weighted by molar-refractivity contribution is -0.279. The monoisotopic (exact) mass is 653 g/mol. The molecule has 1 aromatic rings. The van der Waals surface area contributed by atoms with E-state index in [1.54, 1.807) is 31.4 Å². The van der Waals surface area contributed by atoms with Crippen LogP contribution in [0.2, 0.25) is 0 Å². The van der Waals surface area contributed by atoms with Crippen LogP contribution in [0.4, 0.5) is 13.2 Å². The summed E-state index contributed by atoms with van der Waals surface area (Å²) in [7, 11) is 2.54. The van der Waals surface area contributed by atoms with Crippen LogP contribution in [0.3, 0.4) is 0 Å². The van der Waals surface area contributed by atoms with Gasteiger partial charge in [0, 0.05) is 45.9 Å². The van der Waals surface area contributed by atoms with E-state index in [9.17, 15) is 27.9 Å². The van der Waals surface area contributed by atoms with Crippen LogP contribution in [0.25, 0.3) is 0 Å². The lowest BCUT2D eigenvalue weighted by atomic mass is 9.75. The van der Waals surface area contributed by atoms with Gasteiger partial charge in [-0.3, -0.25) is 9.59 Å². The number of hydrogen-bond donors (Lipinski definition) is 4. The summed E-state index contributed by atoms with van der Waals surface area (Å²) in [4.78, 5) is 26.0. The standard InChI is InChI=1S/C31H50F3N3O6.ClH/c1-21(2)22(19-36-28(39)24-14-8-9-15-27(24)43-17-11-10-16-41-3)18-25(35)26(38)20-37-29(40)30(42-4,31(32,33)34)23-12-6-5-7-13-23;/h8-9,14-15,21-23,25-26,38H,5-7,10-13,16-20,35H2,1-4H3,(H,36,39)(H,37,40);1H/t22-,25+,26+,30-;/m1./s1. The van der Waals surface area contributed by atoms with E-state index in [4.69, 9.17) is 19.9 Å². The van der Waals surface area contributed by atoms with Gasteiger partial charge < -0.3 is 35.7 Å². The van der Waals surface area contributed by atoms with Gasteiger partial charge in [-0.15, -0.1) is 12.4 Å². The fourth-order valence-corrected chi connectivity index (χ4v) is 5.64. The van der Waals surface area contributed by atoms with Gasteiger partial charge in [-0.05, 0) is 56.1 Å². The minimum absolute atomic E-state index is 0. The van der Waals surface area contributed by atoms with Crippen LogP contribution in [0, 0.1) is 17.8 Å². The van der Waals surface area contributed by atoms with Crippen molar-refractivity contribution < 1.29 is 42.1 Å². The first-order chi connectivity index (χ1) is 20.4. The van der Waals surface area contributed by atoms with Crippen molar-refractivity contribution in [2.75, 3.05) is 40.5 Å². The maximum absolute atomic E-state index is 14.2. The van der Waals surface area contributed by atoms with Crippen LogP contribution in [0.1, 0.15) is 75.6 Å². The number of rotatable bonds is 18. The Labute approximate surface area is 265 Å². The maximum atomic E-state index is 14.2. The first-order valence-electron chi connectivity index (χ1n) is 15.2. The quantitative estimate of drug-likeness (QED) is 0.170. The number of para-hydroxylation sites is 1. The first-order valence-corrected chi connectivity index (χ1v) is 15.2. The third-order valence-electron chi connectivity index (χ3n) is 8.40. The van der Waals surface area contributed by atoms with Gasteiger partial charge in [0.25, 0.3) is 11.8 Å². The van der Waals surface area contributed by atoms with Crippen molar-refractivity contribution >= 4 is 24.2 Å². The zero-order valence-corrected chi connectivity index (χ0v) is 27.1. The zero-order valence-electron chi connectivity index (χ0n) is 26.3. The Morgan fingerprint density at radius 3 is 2.25 bits per heavy atom. The number of aliphatic hydroxyl groups is 1. The summed E-state index contributed by atoms with van der Waals surface area (Å²) in [5.74, 6) is -2.24. The van der Waals surface area contributed by atoms with E-state index < -0.39 is 42.3 Å². The van der Waals surface area contributed by atoms with Crippen LogP contribution in [-0.4, -0.2) is 81.4 Å². The fraction of sp³-hybridized carbons (Fsp3) is 0.742. The van der Waals surface area contributed by atoms with E-state index in [1.165, 1.54) is 0 Å². The third-order valence-corrected chi connectivity index (χ3v) is 8.40.